The molecular weight excluding hydrogens is 513 g/mol. The minimum Gasteiger partial charge on any atom is -0.381 e. The molecule has 32 heavy (non-hydrogen) atoms. The summed E-state index contributed by atoms with van der Waals surface area (Å²) >= 11 is 0. The monoisotopic (exact) mass is 551 g/mol. The maximum absolute atomic E-state index is 6.06. The Balaban J connectivity index is 0.00000363. The number of halogens is 1. The summed E-state index contributed by atoms with van der Waals surface area (Å²) < 4.78 is 11.5. The van der Waals surface area contributed by atoms with E-state index in [9.17, 15) is 0 Å². The Bertz CT molecular complexity index is 837. The molecule has 2 aromatic carbocycles. The summed E-state index contributed by atoms with van der Waals surface area (Å²) in [5.41, 5.74) is 5.04. The predicted octanol–water partition coefficient (Wildman–Crippen LogP) is 5.17. The number of ether oxygens (including phenoxy) is 2. The Labute approximate surface area is 210 Å². The van der Waals surface area contributed by atoms with Crippen molar-refractivity contribution < 1.29 is 9.47 Å². The normalized spacial score (nSPS) is 15.7. The van der Waals surface area contributed by atoms with Crippen molar-refractivity contribution in [1.82, 2.24) is 10.6 Å². The van der Waals surface area contributed by atoms with Crippen LogP contribution in [0.3, 0.4) is 0 Å². The summed E-state index contributed by atoms with van der Waals surface area (Å²) in [7, 11) is 0. The van der Waals surface area contributed by atoms with Crippen LogP contribution in [0.15, 0.2) is 53.5 Å². The fourth-order valence-corrected chi connectivity index (χ4v) is 3.73. The molecule has 1 heterocycles. The van der Waals surface area contributed by atoms with E-state index in [1.807, 2.05) is 0 Å². The lowest BCUT2D eigenvalue weighted by molar-refractivity contribution is -0.0390. The van der Waals surface area contributed by atoms with Crippen molar-refractivity contribution in [3.8, 4) is 0 Å². The highest BCUT2D eigenvalue weighted by Crippen LogP contribution is 2.16. The van der Waals surface area contributed by atoms with Crippen LogP contribution in [0.2, 0.25) is 0 Å². The quantitative estimate of drug-likeness (QED) is 0.257. The van der Waals surface area contributed by atoms with E-state index in [1.165, 1.54) is 22.3 Å². The predicted molar refractivity (Wildman–Crippen MR) is 143 cm³/mol. The van der Waals surface area contributed by atoms with Crippen molar-refractivity contribution >= 4 is 29.9 Å². The highest BCUT2D eigenvalue weighted by molar-refractivity contribution is 14.0. The molecule has 1 fully saturated rings. The Hall–Kier alpha value is -1.64. The highest BCUT2D eigenvalue weighted by atomic mass is 127. The summed E-state index contributed by atoms with van der Waals surface area (Å²) in [5.74, 6) is 1.26. The molecule has 0 amide bonds. The number of benzene rings is 2. The third-order valence-electron chi connectivity index (χ3n) is 5.60. The average Bonchev–Trinajstić information content (AvgIpc) is 2.80. The maximum atomic E-state index is 6.06. The van der Waals surface area contributed by atoms with Crippen LogP contribution >= 0.6 is 24.0 Å². The van der Waals surface area contributed by atoms with E-state index in [1.54, 1.807) is 0 Å². The van der Waals surface area contributed by atoms with E-state index in [0.29, 0.717) is 25.2 Å². The van der Waals surface area contributed by atoms with Crippen LogP contribution in [0.4, 0.5) is 0 Å². The lowest BCUT2D eigenvalue weighted by Crippen LogP contribution is -2.39. The van der Waals surface area contributed by atoms with Crippen molar-refractivity contribution in [2.24, 2.45) is 4.99 Å². The number of aryl methyl sites for hydroxylation is 1. The zero-order valence-electron chi connectivity index (χ0n) is 19.6. The Kier molecular flexibility index (Phi) is 12.1. The molecule has 0 spiro atoms. The van der Waals surface area contributed by atoms with Gasteiger partial charge in [0.2, 0.25) is 0 Å². The van der Waals surface area contributed by atoms with Gasteiger partial charge in [-0.1, -0.05) is 61.0 Å². The third kappa shape index (κ3) is 9.08. The Morgan fingerprint density at radius 3 is 2.59 bits per heavy atom. The van der Waals surface area contributed by atoms with Crippen LogP contribution in [0, 0.1) is 6.92 Å². The number of hydrogen-bond donors (Lipinski definition) is 2. The molecule has 1 aliphatic heterocycles. The second-order valence-corrected chi connectivity index (χ2v) is 8.33. The molecule has 0 saturated carbocycles. The fraction of sp³-hybridized carbons (Fsp3) is 0.500. The first-order chi connectivity index (χ1) is 15.1. The van der Waals surface area contributed by atoms with Gasteiger partial charge in [0.1, 0.15) is 0 Å². The number of nitrogens with one attached hydrogen (secondary N) is 2. The summed E-state index contributed by atoms with van der Waals surface area (Å²) in [4.78, 5) is 4.80. The van der Waals surface area contributed by atoms with Crippen LogP contribution < -0.4 is 10.6 Å². The van der Waals surface area contributed by atoms with Gasteiger partial charge in [0, 0.05) is 26.3 Å². The second kappa shape index (κ2) is 14.5. The van der Waals surface area contributed by atoms with Gasteiger partial charge in [-0.05, 0) is 49.3 Å². The van der Waals surface area contributed by atoms with E-state index in [2.05, 4.69) is 79.9 Å². The number of aliphatic imine (C=N–C) groups is 1. The van der Waals surface area contributed by atoms with E-state index in [4.69, 9.17) is 14.5 Å². The standard InChI is InChI=1S/C26H37N3O2.HI/c1-4-27-26(28-17-21(3)24-10-5-7-20(2)15-24)29-18-22-8-6-9-23(16-22)19-31-25-11-13-30-14-12-25;/h5-10,15-16,21,25H,4,11-14,17-19H2,1-3H3,(H2,27,28,29);1H. The largest absolute Gasteiger partial charge is 0.381 e. The molecular formula is C26H38IN3O2. The van der Waals surface area contributed by atoms with Gasteiger partial charge in [-0.25, -0.2) is 4.99 Å². The lowest BCUT2D eigenvalue weighted by Gasteiger charge is -2.22. The van der Waals surface area contributed by atoms with E-state index in [0.717, 1.165) is 45.1 Å². The molecule has 1 aliphatic rings. The minimum atomic E-state index is 0. The molecule has 3 rings (SSSR count). The van der Waals surface area contributed by atoms with Gasteiger partial charge in [-0.2, -0.15) is 0 Å². The Morgan fingerprint density at radius 2 is 1.84 bits per heavy atom. The van der Waals surface area contributed by atoms with Gasteiger partial charge >= 0.3 is 0 Å². The van der Waals surface area contributed by atoms with Crippen LogP contribution in [0.5, 0.6) is 0 Å². The molecule has 2 N–H and O–H groups in total. The summed E-state index contributed by atoms with van der Waals surface area (Å²) in [5, 5.41) is 6.85. The van der Waals surface area contributed by atoms with Gasteiger partial charge in [0.25, 0.3) is 0 Å². The highest BCUT2D eigenvalue weighted by Gasteiger charge is 2.14. The van der Waals surface area contributed by atoms with Gasteiger partial charge in [-0.15, -0.1) is 24.0 Å². The van der Waals surface area contributed by atoms with E-state index >= 15 is 0 Å². The smallest absolute Gasteiger partial charge is 0.191 e. The first-order valence-corrected chi connectivity index (χ1v) is 11.5. The van der Waals surface area contributed by atoms with Crippen LogP contribution in [0.1, 0.15) is 54.9 Å². The number of nitrogens with zero attached hydrogens (tertiary/aromatic N) is 1. The van der Waals surface area contributed by atoms with Crippen LogP contribution in [0.25, 0.3) is 0 Å². The molecule has 176 valence electrons. The molecule has 0 aromatic heterocycles. The topological polar surface area (TPSA) is 54.9 Å². The van der Waals surface area contributed by atoms with Gasteiger partial charge in [0.15, 0.2) is 5.96 Å². The summed E-state index contributed by atoms with van der Waals surface area (Å²) in [6.07, 6.45) is 2.29. The lowest BCUT2D eigenvalue weighted by atomic mass is 9.99. The van der Waals surface area contributed by atoms with Gasteiger partial charge < -0.3 is 20.1 Å². The van der Waals surface area contributed by atoms with Crippen molar-refractivity contribution in [3.63, 3.8) is 0 Å². The first-order valence-electron chi connectivity index (χ1n) is 11.5. The SMILES string of the molecule is CCNC(=NCc1cccc(COC2CCOCC2)c1)NCC(C)c1cccc(C)c1.I. The van der Waals surface area contributed by atoms with E-state index in [-0.39, 0.29) is 24.0 Å². The zero-order valence-corrected chi connectivity index (χ0v) is 21.9. The summed E-state index contributed by atoms with van der Waals surface area (Å²) in [6, 6.07) is 17.2. The molecule has 0 aliphatic carbocycles. The number of rotatable bonds is 9. The Morgan fingerprint density at radius 1 is 1.09 bits per heavy atom. The molecule has 1 unspecified atom stereocenters. The molecule has 5 nitrogen and oxygen atoms in total. The number of hydrogen-bond acceptors (Lipinski definition) is 3. The first kappa shape index (κ1) is 26.6. The van der Waals surface area contributed by atoms with Crippen molar-refractivity contribution in [2.45, 2.75) is 58.8 Å². The van der Waals surface area contributed by atoms with Gasteiger partial charge in [0.05, 0.1) is 19.3 Å². The average molecular weight is 552 g/mol. The van der Waals surface area contributed by atoms with Crippen molar-refractivity contribution in [3.05, 3.63) is 70.8 Å². The molecule has 0 bridgehead atoms. The maximum Gasteiger partial charge on any atom is 0.191 e. The minimum absolute atomic E-state index is 0. The second-order valence-electron chi connectivity index (χ2n) is 8.33. The molecule has 2 aromatic rings. The van der Waals surface area contributed by atoms with E-state index < -0.39 is 0 Å². The molecule has 1 atom stereocenters. The van der Waals surface area contributed by atoms with Crippen molar-refractivity contribution in [1.29, 1.82) is 0 Å². The third-order valence-corrected chi connectivity index (χ3v) is 5.60. The molecule has 6 heteroatoms. The van der Waals surface area contributed by atoms with Gasteiger partial charge in [-0.3, -0.25) is 0 Å². The van der Waals surface area contributed by atoms with Crippen molar-refractivity contribution in [2.75, 3.05) is 26.3 Å². The number of guanidine groups is 1. The fourth-order valence-electron chi connectivity index (χ4n) is 3.73. The molecule has 0 radical (unpaired) electrons. The zero-order chi connectivity index (χ0) is 21.9. The van der Waals surface area contributed by atoms with Crippen LogP contribution in [-0.2, 0) is 22.6 Å². The molecule has 1 saturated heterocycles. The van der Waals surface area contributed by atoms with Crippen LogP contribution in [-0.4, -0.2) is 38.4 Å². The summed E-state index contributed by atoms with van der Waals surface area (Å²) in [6.45, 7) is 11.1.